The molecule has 1 aliphatic heterocycles. The lowest BCUT2D eigenvalue weighted by atomic mass is 9.85. The average molecular weight is 431 g/mol. The largest absolute Gasteiger partial charge is 0.508 e. The second-order valence-electron chi connectivity index (χ2n) is 9.24. The van der Waals surface area contributed by atoms with Gasteiger partial charge in [0.25, 0.3) is 0 Å². The molecule has 1 heterocycles. The molecule has 32 heavy (non-hydrogen) atoms. The standard InChI is InChI=1S/C29H35NO2/c1-5-23(26-20-30(3,4)21-26)14-13-22(2)29(25-15-17-27(32)18-16-25)28(12-9-19-31)24-10-7-6-8-11-24/h5-8,10-11,13-18,26,31H,2,9,12,19-21H2,1,3-4H3/p+1/b14-13-,23-5+,29-28+. The molecule has 1 aliphatic rings. The number of hydrogen-bond donors (Lipinski definition) is 2. The first-order valence-corrected chi connectivity index (χ1v) is 11.4. The van der Waals surface area contributed by atoms with E-state index in [2.05, 4.69) is 58.0 Å². The van der Waals surface area contributed by atoms with Gasteiger partial charge in [0.15, 0.2) is 0 Å². The van der Waals surface area contributed by atoms with Crippen LogP contribution in [0.5, 0.6) is 5.75 Å². The number of quaternary nitrogens is 1. The highest BCUT2D eigenvalue weighted by atomic mass is 16.3. The molecule has 0 atom stereocenters. The van der Waals surface area contributed by atoms with Gasteiger partial charge in [0.2, 0.25) is 0 Å². The zero-order chi connectivity index (χ0) is 23.1. The van der Waals surface area contributed by atoms with E-state index in [4.69, 9.17) is 0 Å². The molecule has 2 N–H and O–H groups in total. The van der Waals surface area contributed by atoms with E-state index in [0.717, 1.165) is 51.8 Å². The van der Waals surface area contributed by atoms with Crippen molar-refractivity contribution >= 4 is 11.1 Å². The molecule has 3 nitrogen and oxygen atoms in total. The SMILES string of the molecule is C=C(/C=C\C(=C/C)C1C[N+](C)(C)C1)/C(=C(/CCCO)c1ccccc1)c1ccc(O)cc1. The topological polar surface area (TPSA) is 40.5 Å². The molecule has 3 rings (SSSR count). The minimum Gasteiger partial charge on any atom is -0.508 e. The maximum Gasteiger partial charge on any atom is 0.115 e. The van der Waals surface area contributed by atoms with E-state index in [9.17, 15) is 10.2 Å². The summed E-state index contributed by atoms with van der Waals surface area (Å²) in [5.41, 5.74) is 6.63. The summed E-state index contributed by atoms with van der Waals surface area (Å²) in [7, 11) is 4.54. The zero-order valence-corrected chi connectivity index (χ0v) is 19.6. The summed E-state index contributed by atoms with van der Waals surface area (Å²) in [6, 6.07) is 17.6. The van der Waals surface area contributed by atoms with Crippen LogP contribution in [-0.2, 0) is 0 Å². The number of aliphatic hydroxyl groups is 1. The van der Waals surface area contributed by atoms with Crippen LogP contribution >= 0.6 is 0 Å². The first-order chi connectivity index (χ1) is 15.3. The van der Waals surface area contributed by atoms with Gasteiger partial charge in [0.1, 0.15) is 5.75 Å². The lowest BCUT2D eigenvalue weighted by Gasteiger charge is -2.45. The first-order valence-electron chi connectivity index (χ1n) is 11.4. The van der Waals surface area contributed by atoms with Crippen molar-refractivity contribution in [3.05, 3.63) is 102 Å². The molecule has 0 saturated carbocycles. The van der Waals surface area contributed by atoms with E-state index in [1.54, 1.807) is 12.1 Å². The van der Waals surface area contributed by atoms with Gasteiger partial charge in [-0.2, -0.15) is 0 Å². The van der Waals surface area contributed by atoms with Gasteiger partial charge in [-0.15, -0.1) is 0 Å². The Morgan fingerprint density at radius 1 is 1.00 bits per heavy atom. The molecule has 1 saturated heterocycles. The van der Waals surface area contributed by atoms with E-state index >= 15 is 0 Å². The van der Waals surface area contributed by atoms with Crippen molar-refractivity contribution in [2.24, 2.45) is 5.92 Å². The number of phenolic OH excluding ortho intramolecular Hbond substituents is 1. The Morgan fingerprint density at radius 3 is 2.22 bits per heavy atom. The van der Waals surface area contributed by atoms with Crippen LogP contribution in [0, 0.1) is 5.92 Å². The normalized spacial score (nSPS) is 17.2. The third-order valence-corrected chi connectivity index (χ3v) is 6.20. The van der Waals surface area contributed by atoms with Gasteiger partial charge in [-0.25, -0.2) is 0 Å². The third-order valence-electron chi connectivity index (χ3n) is 6.20. The second-order valence-corrected chi connectivity index (χ2v) is 9.24. The van der Waals surface area contributed by atoms with Crippen LogP contribution in [0.3, 0.4) is 0 Å². The maximum atomic E-state index is 9.82. The number of phenols is 1. The number of rotatable bonds is 9. The van der Waals surface area contributed by atoms with Crippen LogP contribution in [0.15, 0.2) is 90.6 Å². The smallest absolute Gasteiger partial charge is 0.115 e. The van der Waals surface area contributed by atoms with Gasteiger partial charge in [-0.1, -0.05) is 67.3 Å². The van der Waals surface area contributed by atoms with Crippen LogP contribution in [0.25, 0.3) is 11.1 Å². The van der Waals surface area contributed by atoms with Crippen molar-refractivity contribution in [3.63, 3.8) is 0 Å². The molecule has 0 spiro atoms. The highest BCUT2D eigenvalue weighted by Gasteiger charge is 2.37. The Hall–Kier alpha value is -2.88. The molecule has 2 aromatic rings. The molecule has 0 bridgehead atoms. The predicted octanol–water partition coefficient (Wildman–Crippen LogP) is 5.84. The average Bonchev–Trinajstić information content (AvgIpc) is 2.77. The fourth-order valence-electron chi connectivity index (χ4n) is 4.59. The highest BCUT2D eigenvalue weighted by molar-refractivity contribution is 5.99. The zero-order valence-electron chi connectivity index (χ0n) is 19.6. The van der Waals surface area contributed by atoms with Crippen LogP contribution in [-0.4, -0.2) is 48.5 Å². The molecule has 0 amide bonds. The van der Waals surface area contributed by atoms with Gasteiger partial charge < -0.3 is 14.7 Å². The summed E-state index contributed by atoms with van der Waals surface area (Å²) in [6.07, 6.45) is 7.96. The number of allylic oxidation sites excluding steroid dienone is 6. The number of aromatic hydroxyl groups is 1. The van der Waals surface area contributed by atoms with E-state index in [1.807, 2.05) is 30.3 Å². The predicted molar refractivity (Wildman–Crippen MR) is 135 cm³/mol. The quantitative estimate of drug-likeness (QED) is 0.298. The van der Waals surface area contributed by atoms with Crippen molar-refractivity contribution < 1.29 is 14.7 Å². The Balaban J connectivity index is 2.02. The number of benzene rings is 2. The third kappa shape index (κ3) is 5.87. The van der Waals surface area contributed by atoms with Crippen molar-refractivity contribution in [2.45, 2.75) is 19.8 Å². The molecule has 0 aliphatic carbocycles. The second kappa shape index (κ2) is 10.6. The minimum atomic E-state index is 0.139. The minimum absolute atomic E-state index is 0.139. The lowest BCUT2D eigenvalue weighted by Crippen LogP contribution is -2.58. The van der Waals surface area contributed by atoms with Gasteiger partial charge in [-0.3, -0.25) is 0 Å². The number of hydrogen-bond acceptors (Lipinski definition) is 2. The first kappa shape index (κ1) is 23.8. The molecule has 168 valence electrons. The van der Waals surface area contributed by atoms with E-state index in [0.29, 0.717) is 12.3 Å². The van der Waals surface area contributed by atoms with Gasteiger partial charge in [-0.05, 0) is 65.3 Å². The number of aliphatic hydroxyl groups excluding tert-OH is 1. The summed E-state index contributed by atoms with van der Waals surface area (Å²) < 4.78 is 1.06. The molecule has 3 heteroatoms. The van der Waals surface area contributed by atoms with E-state index in [-0.39, 0.29) is 12.4 Å². The molecule has 2 aromatic carbocycles. The molecular formula is C29H36NO2+. The Kier molecular flexibility index (Phi) is 7.89. The fraction of sp³-hybridized carbons (Fsp3) is 0.310. The number of likely N-dealkylation sites (tertiary alicyclic amines) is 1. The summed E-state index contributed by atoms with van der Waals surface area (Å²) in [5, 5.41) is 19.4. The van der Waals surface area contributed by atoms with Crippen molar-refractivity contribution in [3.8, 4) is 5.75 Å². The molecular weight excluding hydrogens is 394 g/mol. The lowest BCUT2D eigenvalue weighted by molar-refractivity contribution is -0.936. The summed E-state index contributed by atoms with van der Waals surface area (Å²) >= 11 is 0. The Morgan fingerprint density at radius 2 is 1.66 bits per heavy atom. The number of nitrogens with zero attached hydrogens (tertiary/aromatic N) is 1. The molecule has 1 fully saturated rings. The molecule has 0 unspecified atom stereocenters. The van der Waals surface area contributed by atoms with E-state index in [1.165, 1.54) is 5.57 Å². The van der Waals surface area contributed by atoms with Crippen LogP contribution < -0.4 is 0 Å². The monoisotopic (exact) mass is 430 g/mol. The fourth-order valence-corrected chi connectivity index (χ4v) is 4.59. The van der Waals surface area contributed by atoms with Crippen LogP contribution in [0.1, 0.15) is 30.9 Å². The summed E-state index contributed by atoms with van der Waals surface area (Å²) in [6.45, 7) is 9.00. The van der Waals surface area contributed by atoms with Gasteiger partial charge in [0, 0.05) is 6.61 Å². The maximum absolute atomic E-state index is 9.82. The van der Waals surface area contributed by atoms with Crippen LogP contribution in [0.4, 0.5) is 0 Å². The summed E-state index contributed by atoms with van der Waals surface area (Å²) in [5.74, 6) is 0.830. The summed E-state index contributed by atoms with van der Waals surface area (Å²) in [4.78, 5) is 0. The van der Waals surface area contributed by atoms with E-state index < -0.39 is 0 Å². The van der Waals surface area contributed by atoms with Crippen molar-refractivity contribution in [1.82, 2.24) is 0 Å². The Labute approximate surface area is 192 Å². The molecule has 0 radical (unpaired) electrons. The van der Waals surface area contributed by atoms with Crippen molar-refractivity contribution in [2.75, 3.05) is 33.8 Å². The molecule has 0 aromatic heterocycles. The van der Waals surface area contributed by atoms with Gasteiger partial charge in [0.05, 0.1) is 33.1 Å². The van der Waals surface area contributed by atoms with Crippen molar-refractivity contribution in [1.29, 1.82) is 0 Å². The van der Waals surface area contributed by atoms with Crippen LogP contribution in [0.2, 0.25) is 0 Å². The van der Waals surface area contributed by atoms with Gasteiger partial charge >= 0.3 is 0 Å². The Bertz CT molecular complexity index is 1000. The highest BCUT2D eigenvalue weighted by Crippen LogP contribution is 2.36.